The fraction of sp³-hybridized carbons (Fsp3) is 1.00. The highest BCUT2D eigenvalue weighted by atomic mass is 16.8. The molecule has 4 unspecified atom stereocenters. The number of rotatable bonds is 14. The van der Waals surface area contributed by atoms with Gasteiger partial charge in [0.2, 0.25) is 0 Å². The zero-order valence-electron chi connectivity index (χ0n) is 14.7. The lowest BCUT2D eigenvalue weighted by molar-refractivity contribution is -0.373. The first-order valence-corrected chi connectivity index (χ1v) is 8.35. The average Bonchev–Trinajstić information content (AvgIpc) is 3.43. The van der Waals surface area contributed by atoms with Crippen LogP contribution in [0.2, 0.25) is 0 Å². The van der Waals surface area contributed by atoms with Crippen LogP contribution >= 0.6 is 0 Å². The van der Waals surface area contributed by atoms with Crippen LogP contribution in [-0.4, -0.2) is 77.6 Å². The Morgan fingerprint density at radius 1 is 0.783 bits per heavy atom. The topological polar surface area (TPSA) is 71.2 Å². The van der Waals surface area contributed by atoms with E-state index >= 15 is 0 Å². The van der Waals surface area contributed by atoms with Gasteiger partial charge in [0, 0.05) is 27.1 Å². The molecule has 0 radical (unpaired) electrons. The van der Waals surface area contributed by atoms with Crippen LogP contribution < -0.4 is 0 Å². The third-order valence-electron chi connectivity index (χ3n) is 4.25. The smallest absolute Gasteiger partial charge is 0.200 e. The zero-order valence-corrected chi connectivity index (χ0v) is 14.7. The van der Waals surface area contributed by atoms with Crippen molar-refractivity contribution < 1.29 is 33.2 Å². The highest BCUT2D eigenvalue weighted by Gasteiger charge is 2.58. The van der Waals surface area contributed by atoms with Gasteiger partial charge < -0.3 is 33.2 Å². The van der Waals surface area contributed by atoms with E-state index in [2.05, 4.69) is 0 Å². The number of hydrogen-bond acceptors (Lipinski definition) is 7. The van der Waals surface area contributed by atoms with Crippen molar-refractivity contribution in [3.8, 4) is 0 Å². The molecule has 2 saturated heterocycles. The molecule has 0 amide bonds. The summed E-state index contributed by atoms with van der Waals surface area (Å²) in [6, 6.07) is 0. The first-order chi connectivity index (χ1) is 11.2. The first kappa shape index (κ1) is 19.1. The Labute approximate surface area is 138 Å². The van der Waals surface area contributed by atoms with Crippen molar-refractivity contribution in [3.63, 3.8) is 0 Å². The molecule has 0 saturated carbocycles. The number of methoxy groups -OCH3 is 2. The van der Waals surface area contributed by atoms with Crippen LogP contribution in [-0.2, 0) is 33.2 Å². The van der Waals surface area contributed by atoms with E-state index in [-0.39, 0.29) is 12.2 Å². The van der Waals surface area contributed by atoms with Gasteiger partial charge in [-0.3, -0.25) is 0 Å². The van der Waals surface area contributed by atoms with Gasteiger partial charge in [-0.1, -0.05) is 13.8 Å². The van der Waals surface area contributed by atoms with Gasteiger partial charge in [0.15, 0.2) is 11.6 Å². The molecule has 7 heteroatoms. The maximum atomic E-state index is 6.46. The van der Waals surface area contributed by atoms with E-state index in [1.807, 2.05) is 13.8 Å². The van der Waals surface area contributed by atoms with Crippen LogP contribution in [0.15, 0.2) is 0 Å². The van der Waals surface area contributed by atoms with Gasteiger partial charge in [0.05, 0.1) is 39.6 Å². The average molecular weight is 334 g/mol. The molecule has 2 fully saturated rings. The molecule has 7 nitrogen and oxygen atoms in total. The second-order valence-corrected chi connectivity index (χ2v) is 5.76. The molecule has 136 valence electrons. The summed E-state index contributed by atoms with van der Waals surface area (Å²) >= 11 is 0. The summed E-state index contributed by atoms with van der Waals surface area (Å²) in [5, 5.41) is 0. The summed E-state index contributed by atoms with van der Waals surface area (Å²) in [5.41, 5.74) is 0. The highest BCUT2D eigenvalue weighted by molar-refractivity contribution is 4.95. The van der Waals surface area contributed by atoms with Gasteiger partial charge in [0.1, 0.15) is 12.2 Å². The van der Waals surface area contributed by atoms with Crippen molar-refractivity contribution in [2.24, 2.45) is 0 Å². The Balaban J connectivity index is 2.08. The van der Waals surface area contributed by atoms with E-state index < -0.39 is 11.6 Å². The van der Waals surface area contributed by atoms with Crippen LogP contribution in [0.5, 0.6) is 0 Å². The first-order valence-electron chi connectivity index (χ1n) is 8.35. The number of epoxide rings is 2. The Morgan fingerprint density at radius 3 is 1.43 bits per heavy atom. The highest BCUT2D eigenvalue weighted by Crippen LogP contribution is 2.42. The molecule has 0 bridgehead atoms. The van der Waals surface area contributed by atoms with Crippen LogP contribution in [0.3, 0.4) is 0 Å². The Morgan fingerprint density at radius 2 is 1.17 bits per heavy atom. The molecule has 2 aliphatic heterocycles. The van der Waals surface area contributed by atoms with E-state index in [1.54, 1.807) is 14.2 Å². The van der Waals surface area contributed by atoms with Crippen molar-refractivity contribution in [1.82, 2.24) is 0 Å². The standard InChI is InChI=1S/C16H30O7/c1-5-15(13-11-19-13,21-9-7-17-3)23-16(6-2,14-12-20-14)22-10-8-18-4/h13-14H,5-12H2,1-4H3. The predicted octanol–water partition coefficient (Wildman–Crippen LogP) is 1.34. The lowest BCUT2D eigenvalue weighted by Crippen LogP contribution is -2.54. The molecule has 0 aromatic heterocycles. The number of ether oxygens (including phenoxy) is 7. The van der Waals surface area contributed by atoms with Gasteiger partial charge >= 0.3 is 0 Å². The van der Waals surface area contributed by atoms with Crippen molar-refractivity contribution in [3.05, 3.63) is 0 Å². The molecule has 4 atom stereocenters. The maximum Gasteiger partial charge on any atom is 0.200 e. The van der Waals surface area contributed by atoms with Gasteiger partial charge in [-0.15, -0.1) is 0 Å². The third kappa shape index (κ3) is 4.85. The molecular weight excluding hydrogens is 304 g/mol. The van der Waals surface area contributed by atoms with Crippen LogP contribution in [0.4, 0.5) is 0 Å². The fourth-order valence-corrected chi connectivity index (χ4v) is 2.67. The largest absolute Gasteiger partial charge is 0.382 e. The van der Waals surface area contributed by atoms with E-state index in [0.717, 1.165) is 0 Å². The van der Waals surface area contributed by atoms with E-state index in [1.165, 1.54) is 0 Å². The lowest BCUT2D eigenvalue weighted by Gasteiger charge is -2.41. The van der Waals surface area contributed by atoms with Gasteiger partial charge in [-0.05, 0) is 0 Å². The molecule has 0 aromatic rings. The SMILES string of the molecule is CCC(OCCOC)(OC(CC)(OCCOC)C1CO1)C1CO1. The zero-order chi connectivity index (χ0) is 16.8. The summed E-state index contributed by atoms with van der Waals surface area (Å²) in [6.45, 7) is 7.19. The molecule has 0 aliphatic carbocycles. The van der Waals surface area contributed by atoms with Crippen LogP contribution in [0.25, 0.3) is 0 Å². The molecular formula is C16H30O7. The lowest BCUT2D eigenvalue weighted by atomic mass is 10.1. The van der Waals surface area contributed by atoms with Crippen molar-refractivity contribution in [2.45, 2.75) is 50.5 Å². The van der Waals surface area contributed by atoms with Crippen molar-refractivity contribution in [1.29, 1.82) is 0 Å². The normalized spacial score (nSPS) is 28.2. The molecule has 2 rings (SSSR count). The minimum absolute atomic E-state index is 0.0833. The van der Waals surface area contributed by atoms with E-state index in [9.17, 15) is 0 Å². The Kier molecular flexibility index (Phi) is 7.21. The van der Waals surface area contributed by atoms with Crippen molar-refractivity contribution in [2.75, 3.05) is 53.9 Å². The Hall–Kier alpha value is -0.280. The van der Waals surface area contributed by atoms with Crippen LogP contribution in [0, 0.1) is 0 Å². The molecule has 0 aromatic carbocycles. The van der Waals surface area contributed by atoms with E-state index in [0.29, 0.717) is 52.5 Å². The maximum absolute atomic E-state index is 6.46. The summed E-state index contributed by atoms with van der Waals surface area (Å²) in [6.07, 6.45) is 1.15. The van der Waals surface area contributed by atoms with E-state index in [4.69, 9.17) is 33.2 Å². The minimum Gasteiger partial charge on any atom is -0.382 e. The van der Waals surface area contributed by atoms with Gasteiger partial charge in [-0.25, -0.2) is 0 Å². The predicted molar refractivity (Wildman–Crippen MR) is 82.3 cm³/mol. The fourth-order valence-electron chi connectivity index (χ4n) is 2.67. The summed E-state index contributed by atoms with van der Waals surface area (Å²) in [5.74, 6) is -1.68. The molecule has 23 heavy (non-hydrogen) atoms. The molecule has 2 aliphatic rings. The molecule has 0 spiro atoms. The van der Waals surface area contributed by atoms with Gasteiger partial charge in [-0.2, -0.15) is 0 Å². The summed E-state index contributed by atoms with van der Waals surface area (Å²) < 4.78 is 39.7. The summed E-state index contributed by atoms with van der Waals surface area (Å²) in [4.78, 5) is 0. The quantitative estimate of drug-likeness (QED) is 0.270. The second kappa shape index (κ2) is 8.71. The second-order valence-electron chi connectivity index (χ2n) is 5.76. The molecule has 2 heterocycles. The monoisotopic (exact) mass is 334 g/mol. The molecule has 0 N–H and O–H groups in total. The number of hydrogen-bond donors (Lipinski definition) is 0. The van der Waals surface area contributed by atoms with Gasteiger partial charge in [0.25, 0.3) is 0 Å². The minimum atomic E-state index is -0.840. The van der Waals surface area contributed by atoms with Crippen LogP contribution in [0.1, 0.15) is 26.7 Å². The Bertz CT molecular complexity index is 313. The third-order valence-corrected chi connectivity index (χ3v) is 4.25. The summed E-state index contributed by atoms with van der Waals surface area (Å²) in [7, 11) is 3.29. The van der Waals surface area contributed by atoms with Crippen molar-refractivity contribution >= 4 is 0 Å².